The van der Waals surface area contributed by atoms with E-state index in [1.54, 1.807) is 7.11 Å². The molecular formula is C22H17NO. The zero-order valence-electron chi connectivity index (χ0n) is 13.4. The van der Waals surface area contributed by atoms with Gasteiger partial charge in [-0.3, -0.25) is 0 Å². The molecule has 0 atom stereocenters. The fraction of sp³-hybridized carbons (Fsp3) is 0.0455. The summed E-state index contributed by atoms with van der Waals surface area (Å²) >= 11 is 0. The Hall–Kier alpha value is -3.22. The molecule has 0 aliphatic heterocycles. The third-order valence-corrected chi connectivity index (χ3v) is 3.71. The molecule has 116 valence electrons. The van der Waals surface area contributed by atoms with E-state index < -0.39 is 0 Å². The van der Waals surface area contributed by atoms with Crippen LogP contribution in [0.2, 0.25) is 0 Å². The molecule has 0 aliphatic carbocycles. The largest absolute Gasteiger partial charge is 0.759 e. The van der Waals surface area contributed by atoms with Crippen molar-refractivity contribution >= 4 is 11.3 Å². The molecule has 0 aromatic heterocycles. The molecule has 24 heavy (non-hydrogen) atoms. The average Bonchev–Trinajstić information content (AvgIpc) is 2.67. The SMILES string of the molecule is COc1ccc(C(=[N-])C(=[C+]c2ccccc2)c2ccccc2)cc1. The highest BCUT2D eigenvalue weighted by Crippen LogP contribution is 2.23. The van der Waals surface area contributed by atoms with Crippen LogP contribution < -0.4 is 4.74 Å². The molecule has 0 N–H and O–H groups in total. The number of hydrogen-bond acceptors (Lipinski definition) is 1. The fourth-order valence-corrected chi connectivity index (χ4v) is 2.43. The smallest absolute Gasteiger partial charge is 0.122 e. The molecule has 0 radical (unpaired) electrons. The van der Waals surface area contributed by atoms with Gasteiger partial charge in [-0.1, -0.05) is 23.9 Å². The summed E-state index contributed by atoms with van der Waals surface area (Å²) in [4.78, 5) is 0. The second-order valence-corrected chi connectivity index (χ2v) is 5.31. The molecule has 3 aromatic rings. The summed E-state index contributed by atoms with van der Waals surface area (Å²) < 4.78 is 5.18. The zero-order chi connectivity index (χ0) is 16.8. The van der Waals surface area contributed by atoms with E-state index >= 15 is 0 Å². The summed E-state index contributed by atoms with van der Waals surface area (Å²) in [5, 5.41) is 10.8. The Morgan fingerprint density at radius 2 is 1.33 bits per heavy atom. The minimum Gasteiger partial charge on any atom is -0.759 e. The third-order valence-electron chi connectivity index (χ3n) is 3.71. The normalized spacial score (nSPS) is 10.8. The van der Waals surface area contributed by atoms with Crippen LogP contribution in [0, 0.1) is 6.08 Å². The van der Waals surface area contributed by atoms with E-state index in [-0.39, 0.29) is 5.71 Å². The number of allylic oxidation sites excluding steroid dienone is 1. The summed E-state index contributed by atoms with van der Waals surface area (Å²) in [5.74, 6) is 0.754. The summed E-state index contributed by atoms with van der Waals surface area (Å²) in [7, 11) is 1.62. The van der Waals surface area contributed by atoms with Gasteiger partial charge in [0.05, 0.1) is 12.7 Å². The topological polar surface area (TPSA) is 31.5 Å². The molecule has 2 nitrogen and oxygen atoms in total. The highest BCUT2D eigenvalue weighted by molar-refractivity contribution is 6.33. The maximum absolute atomic E-state index is 10.8. The first kappa shape index (κ1) is 15.7. The van der Waals surface area contributed by atoms with Gasteiger partial charge in [0.25, 0.3) is 0 Å². The van der Waals surface area contributed by atoms with Crippen LogP contribution in [0.25, 0.3) is 11.0 Å². The van der Waals surface area contributed by atoms with Crippen LogP contribution in [0.4, 0.5) is 0 Å². The molecule has 0 saturated carbocycles. The molecule has 0 spiro atoms. The van der Waals surface area contributed by atoms with E-state index in [1.807, 2.05) is 84.9 Å². The molecule has 0 heterocycles. The molecule has 0 fully saturated rings. The number of ether oxygens (including phenoxy) is 1. The first-order valence-corrected chi connectivity index (χ1v) is 7.73. The minimum absolute atomic E-state index is 0.188. The summed E-state index contributed by atoms with van der Waals surface area (Å²) in [6.07, 6.45) is 3.32. The lowest BCUT2D eigenvalue weighted by molar-refractivity contribution is 0.415. The second-order valence-electron chi connectivity index (χ2n) is 5.31. The predicted molar refractivity (Wildman–Crippen MR) is 99.1 cm³/mol. The maximum atomic E-state index is 10.8. The Kier molecular flexibility index (Phi) is 4.81. The lowest BCUT2D eigenvalue weighted by atomic mass is 9.94. The van der Waals surface area contributed by atoms with Crippen LogP contribution in [0.1, 0.15) is 16.7 Å². The minimum atomic E-state index is 0.188. The Balaban J connectivity index is 2.04. The van der Waals surface area contributed by atoms with Gasteiger partial charge >= 0.3 is 0 Å². The fourth-order valence-electron chi connectivity index (χ4n) is 2.43. The quantitative estimate of drug-likeness (QED) is 0.371. The molecule has 0 saturated heterocycles. The predicted octanol–water partition coefficient (Wildman–Crippen LogP) is 4.99. The Bertz CT molecular complexity index is 834. The molecule has 0 aliphatic rings. The highest BCUT2D eigenvalue weighted by atomic mass is 16.5. The molecule has 3 rings (SSSR count). The lowest BCUT2D eigenvalue weighted by Gasteiger charge is -2.12. The van der Waals surface area contributed by atoms with Gasteiger partial charge in [-0.05, 0) is 60.2 Å². The van der Waals surface area contributed by atoms with Crippen molar-refractivity contribution in [1.29, 1.82) is 0 Å². The van der Waals surface area contributed by atoms with Gasteiger partial charge in [0.1, 0.15) is 16.9 Å². The highest BCUT2D eigenvalue weighted by Gasteiger charge is 2.12. The van der Waals surface area contributed by atoms with Crippen molar-refractivity contribution in [3.05, 3.63) is 113 Å². The lowest BCUT2D eigenvalue weighted by Crippen LogP contribution is -2.03. The van der Waals surface area contributed by atoms with Crippen LogP contribution in [0.5, 0.6) is 5.75 Å². The molecular weight excluding hydrogens is 294 g/mol. The van der Waals surface area contributed by atoms with Crippen molar-refractivity contribution in [3.8, 4) is 5.75 Å². The van der Waals surface area contributed by atoms with Crippen molar-refractivity contribution in [2.75, 3.05) is 7.11 Å². The van der Waals surface area contributed by atoms with Crippen LogP contribution in [-0.2, 0) is 0 Å². The van der Waals surface area contributed by atoms with Gasteiger partial charge in [0.15, 0.2) is 0 Å². The Morgan fingerprint density at radius 3 is 1.92 bits per heavy atom. The number of hydrogen-bond donors (Lipinski definition) is 0. The van der Waals surface area contributed by atoms with Gasteiger partial charge in [-0.2, -0.15) is 0 Å². The van der Waals surface area contributed by atoms with Crippen molar-refractivity contribution in [2.45, 2.75) is 0 Å². The van der Waals surface area contributed by atoms with Gasteiger partial charge in [-0.25, -0.2) is 0 Å². The third kappa shape index (κ3) is 3.57. The van der Waals surface area contributed by atoms with Crippen molar-refractivity contribution in [3.63, 3.8) is 0 Å². The number of benzene rings is 3. The zero-order valence-corrected chi connectivity index (χ0v) is 13.4. The van der Waals surface area contributed by atoms with Crippen molar-refractivity contribution in [2.24, 2.45) is 0 Å². The van der Waals surface area contributed by atoms with E-state index in [2.05, 4.69) is 6.08 Å². The van der Waals surface area contributed by atoms with Gasteiger partial charge in [0.2, 0.25) is 0 Å². The van der Waals surface area contributed by atoms with E-state index in [1.165, 1.54) is 0 Å². The van der Waals surface area contributed by atoms with Crippen LogP contribution in [0.3, 0.4) is 0 Å². The standard InChI is InChI=1S/C22H17NO/c1-24-20-14-12-19(13-15-20)22(23)21(18-10-6-3-7-11-18)16-17-8-4-2-5-9-17/h2-15H,1H3. The van der Waals surface area contributed by atoms with Gasteiger partial charge < -0.3 is 10.1 Å². The number of methoxy groups -OCH3 is 1. The van der Waals surface area contributed by atoms with E-state index in [9.17, 15) is 5.41 Å². The Morgan fingerprint density at radius 1 is 0.750 bits per heavy atom. The summed E-state index contributed by atoms with van der Waals surface area (Å²) in [6.45, 7) is 0. The Labute approximate surface area is 142 Å². The van der Waals surface area contributed by atoms with Crippen LogP contribution in [-0.4, -0.2) is 12.8 Å². The molecule has 3 aromatic carbocycles. The maximum Gasteiger partial charge on any atom is 0.122 e. The number of nitrogens with zero attached hydrogens (tertiary/aromatic N) is 1. The summed E-state index contributed by atoms with van der Waals surface area (Å²) in [6, 6.07) is 26.9. The summed E-state index contributed by atoms with van der Waals surface area (Å²) in [5.41, 5.74) is 3.39. The molecule has 2 heteroatoms. The van der Waals surface area contributed by atoms with E-state index in [0.29, 0.717) is 5.57 Å². The van der Waals surface area contributed by atoms with E-state index in [4.69, 9.17) is 4.74 Å². The van der Waals surface area contributed by atoms with Crippen LogP contribution in [0.15, 0.2) is 84.9 Å². The first-order valence-electron chi connectivity index (χ1n) is 7.73. The monoisotopic (exact) mass is 311 g/mol. The second kappa shape index (κ2) is 7.36. The first-order chi connectivity index (χ1) is 11.8. The average molecular weight is 311 g/mol. The van der Waals surface area contributed by atoms with Crippen molar-refractivity contribution in [1.82, 2.24) is 0 Å². The van der Waals surface area contributed by atoms with Crippen LogP contribution >= 0.6 is 0 Å². The van der Waals surface area contributed by atoms with Crippen molar-refractivity contribution < 1.29 is 4.74 Å². The number of rotatable bonds is 5. The molecule has 0 unspecified atom stereocenters. The van der Waals surface area contributed by atoms with E-state index in [0.717, 1.165) is 22.4 Å². The molecule has 0 amide bonds. The van der Waals surface area contributed by atoms with Gasteiger partial charge in [0, 0.05) is 18.2 Å². The van der Waals surface area contributed by atoms with Gasteiger partial charge in [-0.15, -0.1) is 0 Å². The molecule has 0 bridgehead atoms.